The van der Waals surface area contributed by atoms with E-state index in [0.29, 0.717) is 5.96 Å². The van der Waals surface area contributed by atoms with Crippen molar-refractivity contribution in [1.29, 1.82) is 0 Å². The first kappa shape index (κ1) is 14.4. The summed E-state index contributed by atoms with van der Waals surface area (Å²) in [6.45, 7) is 5.86. The van der Waals surface area contributed by atoms with Gasteiger partial charge in [0.2, 0.25) is 0 Å². The first-order valence-corrected chi connectivity index (χ1v) is 7.37. The van der Waals surface area contributed by atoms with Crippen LogP contribution in [0.2, 0.25) is 0 Å². The molecule has 4 N–H and O–H groups in total. The number of aromatic amines is 1. The molecule has 2 rings (SSSR count). The van der Waals surface area contributed by atoms with Gasteiger partial charge in [-0.2, -0.15) is 0 Å². The number of nitrogens with one attached hydrogen (secondary N) is 2. The van der Waals surface area contributed by atoms with Crippen LogP contribution in [0.4, 0.5) is 0 Å². The number of hydrogen-bond acceptors (Lipinski definition) is 1. The molecule has 0 aliphatic rings. The number of rotatable bonds is 6. The van der Waals surface area contributed by atoms with Crippen LogP contribution in [-0.2, 0) is 12.8 Å². The number of aromatic nitrogens is 1. The Morgan fingerprint density at radius 1 is 1.30 bits per heavy atom. The van der Waals surface area contributed by atoms with Crippen LogP contribution >= 0.6 is 0 Å². The second kappa shape index (κ2) is 6.98. The zero-order chi connectivity index (χ0) is 14.4. The highest BCUT2D eigenvalue weighted by Gasteiger charge is 2.06. The minimum Gasteiger partial charge on any atom is -0.370 e. The summed E-state index contributed by atoms with van der Waals surface area (Å²) in [5.41, 5.74) is 9.74. The fourth-order valence-electron chi connectivity index (χ4n) is 2.39. The van der Waals surface area contributed by atoms with Gasteiger partial charge in [0.15, 0.2) is 5.96 Å². The van der Waals surface area contributed by atoms with Crippen molar-refractivity contribution in [1.82, 2.24) is 10.3 Å². The lowest BCUT2D eigenvalue weighted by Crippen LogP contribution is -2.33. The molecule has 0 unspecified atom stereocenters. The number of nitrogens with zero attached hydrogens (tertiary/aromatic N) is 1. The molecule has 1 heterocycles. The van der Waals surface area contributed by atoms with E-state index in [0.717, 1.165) is 32.4 Å². The SMILES string of the molecule is CCCN=C(N)NCCc1c[nH]c2c(CC)cccc12. The molecule has 2 aromatic rings. The van der Waals surface area contributed by atoms with Gasteiger partial charge in [-0.3, -0.25) is 4.99 Å². The lowest BCUT2D eigenvalue weighted by atomic mass is 10.1. The quantitative estimate of drug-likeness (QED) is 0.559. The molecule has 0 spiro atoms. The van der Waals surface area contributed by atoms with Crippen LogP contribution in [0, 0.1) is 0 Å². The van der Waals surface area contributed by atoms with Crippen LogP contribution in [0.15, 0.2) is 29.4 Å². The molecule has 0 amide bonds. The van der Waals surface area contributed by atoms with Crippen molar-refractivity contribution in [2.75, 3.05) is 13.1 Å². The van der Waals surface area contributed by atoms with Gasteiger partial charge >= 0.3 is 0 Å². The minimum absolute atomic E-state index is 0.543. The molecule has 4 nitrogen and oxygen atoms in total. The van der Waals surface area contributed by atoms with E-state index in [-0.39, 0.29) is 0 Å². The maximum Gasteiger partial charge on any atom is 0.188 e. The highest BCUT2D eigenvalue weighted by atomic mass is 15.1. The van der Waals surface area contributed by atoms with Crippen molar-refractivity contribution in [3.8, 4) is 0 Å². The first-order chi connectivity index (χ1) is 9.76. The van der Waals surface area contributed by atoms with E-state index in [4.69, 9.17) is 5.73 Å². The Hall–Kier alpha value is -1.97. The summed E-state index contributed by atoms with van der Waals surface area (Å²) in [6.07, 6.45) is 5.11. The van der Waals surface area contributed by atoms with Gasteiger partial charge in [0, 0.05) is 30.2 Å². The van der Waals surface area contributed by atoms with Crippen LogP contribution in [-0.4, -0.2) is 24.0 Å². The normalized spacial score (nSPS) is 12.0. The molecule has 1 aromatic heterocycles. The first-order valence-electron chi connectivity index (χ1n) is 7.37. The summed E-state index contributed by atoms with van der Waals surface area (Å²) >= 11 is 0. The number of H-pyrrole nitrogens is 1. The van der Waals surface area contributed by atoms with Crippen molar-refractivity contribution in [2.24, 2.45) is 10.7 Å². The standard InChI is InChI=1S/C16H24N4/c1-3-9-18-16(17)19-10-8-13-11-20-15-12(4-2)6-5-7-14(13)15/h5-7,11,20H,3-4,8-10H2,1-2H3,(H3,17,18,19). The van der Waals surface area contributed by atoms with Gasteiger partial charge in [0.1, 0.15) is 0 Å². The topological polar surface area (TPSA) is 66.2 Å². The van der Waals surface area contributed by atoms with Gasteiger partial charge in [-0.05, 0) is 30.4 Å². The van der Waals surface area contributed by atoms with Crippen molar-refractivity contribution >= 4 is 16.9 Å². The van der Waals surface area contributed by atoms with E-state index < -0.39 is 0 Å². The van der Waals surface area contributed by atoms with Crippen molar-refractivity contribution < 1.29 is 0 Å². The predicted octanol–water partition coefficient (Wildman–Crippen LogP) is 2.59. The number of nitrogens with two attached hydrogens (primary N) is 1. The molecular formula is C16H24N4. The summed E-state index contributed by atoms with van der Waals surface area (Å²) in [7, 11) is 0. The van der Waals surface area contributed by atoms with Gasteiger partial charge in [-0.15, -0.1) is 0 Å². The molecule has 0 fully saturated rings. The third-order valence-corrected chi connectivity index (χ3v) is 3.47. The van der Waals surface area contributed by atoms with E-state index in [1.165, 1.54) is 22.0 Å². The minimum atomic E-state index is 0.543. The Bertz CT molecular complexity index is 583. The molecule has 1 aromatic carbocycles. The summed E-state index contributed by atoms with van der Waals surface area (Å²) in [4.78, 5) is 7.62. The zero-order valence-electron chi connectivity index (χ0n) is 12.4. The molecule has 0 aliphatic heterocycles. The smallest absolute Gasteiger partial charge is 0.188 e. The van der Waals surface area contributed by atoms with Crippen LogP contribution in [0.1, 0.15) is 31.4 Å². The number of benzene rings is 1. The van der Waals surface area contributed by atoms with Crippen LogP contribution in [0.3, 0.4) is 0 Å². The maximum atomic E-state index is 5.79. The average molecular weight is 272 g/mol. The highest BCUT2D eigenvalue weighted by molar-refractivity contribution is 5.86. The van der Waals surface area contributed by atoms with E-state index in [1.807, 2.05) is 0 Å². The molecule has 4 heteroatoms. The summed E-state index contributed by atoms with van der Waals surface area (Å²) < 4.78 is 0. The third kappa shape index (κ3) is 3.32. The monoisotopic (exact) mass is 272 g/mol. The molecule has 20 heavy (non-hydrogen) atoms. The van der Waals surface area contributed by atoms with E-state index in [1.54, 1.807) is 0 Å². The Morgan fingerprint density at radius 3 is 2.90 bits per heavy atom. The maximum absolute atomic E-state index is 5.79. The van der Waals surface area contributed by atoms with Crippen LogP contribution in [0.5, 0.6) is 0 Å². The molecular weight excluding hydrogens is 248 g/mol. The fourth-order valence-corrected chi connectivity index (χ4v) is 2.39. The average Bonchev–Trinajstić information content (AvgIpc) is 2.88. The van der Waals surface area contributed by atoms with Gasteiger partial charge in [-0.1, -0.05) is 32.0 Å². The Morgan fingerprint density at radius 2 is 2.15 bits per heavy atom. The lowest BCUT2D eigenvalue weighted by Gasteiger charge is -2.05. The summed E-state index contributed by atoms with van der Waals surface area (Å²) in [5.74, 6) is 0.543. The van der Waals surface area contributed by atoms with Gasteiger partial charge in [0.05, 0.1) is 0 Å². The molecule has 0 saturated carbocycles. The third-order valence-electron chi connectivity index (χ3n) is 3.47. The second-order valence-corrected chi connectivity index (χ2v) is 4.95. The molecule has 0 saturated heterocycles. The number of aliphatic imine (C=N–C) groups is 1. The molecule has 0 aliphatic carbocycles. The van der Waals surface area contributed by atoms with E-state index >= 15 is 0 Å². The number of fused-ring (bicyclic) bond motifs is 1. The number of hydrogen-bond donors (Lipinski definition) is 3. The van der Waals surface area contributed by atoms with Gasteiger partial charge < -0.3 is 16.0 Å². The molecule has 0 atom stereocenters. The second-order valence-electron chi connectivity index (χ2n) is 4.95. The lowest BCUT2D eigenvalue weighted by molar-refractivity contribution is 0.842. The van der Waals surface area contributed by atoms with Gasteiger partial charge in [-0.25, -0.2) is 0 Å². The number of guanidine groups is 1. The van der Waals surface area contributed by atoms with Crippen LogP contribution in [0.25, 0.3) is 10.9 Å². The largest absolute Gasteiger partial charge is 0.370 e. The van der Waals surface area contributed by atoms with Crippen molar-refractivity contribution in [2.45, 2.75) is 33.1 Å². The molecule has 0 radical (unpaired) electrons. The summed E-state index contributed by atoms with van der Waals surface area (Å²) in [5, 5.41) is 4.48. The highest BCUT2D eigenvalue weighted by Crippen LogP contribution is 2.22. The van der Waals surface area contributed by atoms with Crippen LogP contribution < -0.4 is 11.1 Å². The van der Waals surface area contributed by atoms with E-state index in [2.05, 4.69) is 53.5 Å². The Labute approximate surface area is 120 Å². The molecule has 108 valence electrons. The summed E-state index contributed by atoms with van der Waals surface area (Å²) in [6, 6.07) is 6.48. The number of para-hydroxylation sites is 1. The Balaban J connectivity index is 2.00. The number of aryl methyl sites for hydroxylation is 1. The Kier molecular flexibility index (Phi) is 5.04. The van der Waals surface area contributed by atoms with E-state index in [9.17, 15) is 0 Å². The predicted molar refractivity (Wildman–Crippen MR) is 86.2 cm³/mol. The fraction of sp³-hybridized carbons (Fsp3) is 0.438. The molecule has 0 bridgehead atoms. The van der Waals surface area contributed by atoms with Crippen molar-refractivity contribution in [3.05, 3.63) is 35.5 Å². The van der Waals surface area contributed by atoms with Gasteiger partial charge in [0.25, 0.3) is 0 Å². The zero-order valence-corrected chi connectivity index (χ0v) is 12.4. The van der Waals surface area contributed by atoms with Crippen molar-refractivity contribution in [3.63, 3.8) is 0 Å².